The van der Waals surface area contributed by atoms with Crippen LogP contribution in [0, 0.1) is 5.92 Å². The molecule has 82 valence electrons. The molecule has 0 saturated carbocycles. The van der Waals surface area contributed by atoms with Gasteiger partial charge in [-0.25, -0.2) is 4.18 Å². The van der Waals surface area contributed by atoms with Crippen LogP contribution in [0.2, 0.25) is 0 Å². The molecule has 0 spiro atoms. The lowest BCUT2D eigenvalue weighted by Crippen LogP contribution is -2.41. The van der Waals surface area contributed by atoms with Crippen LogP contribution in [0.15, 0.2) is 12.7 Å². The third kappa shape index (κ3) is 5.68. The first-order chi connectivity index (χ1) is 6.26. The third-order valence-corrected chi connectivity index (χ3v) is 1.75. The Bertz CT molecular complexity index is 308. The van der Waals surface area contributed by atoms with Crippen LogP contribution in [0.1, 0.15) is 13.8 Å². The van der Waals surface area contributed by atoms with Crippen LogP contribution in [0.3, 0.4) is 0 Å². The van der Waals surface area contributed by atoms with E-state index >= 15 is 0 Å². The van der Waals surface area contributed by atoms with E-state index in [1.807, 2.05) is 0 Å². The van der Waals surface area contributed by atoms with Crippen LogP contribution in [-0.4, -0.2) is 25.1 Å². The average molecular weight is 223 g/mol. The smallest absolute Gasteiger partial charge is 0.326 e. The van der Waals surface area contributed by atoms with Gasteiger partial charge in [0, 0.05) is 0 Å². The number of nitrogens with one attached hydrogen (secondary N) is 1. The Morgan fingerprint density at radius 1 is 1.57 bits per heavy atom. The van der Waals surface area contributed by atoms with E-state index in [9.17, 15) is 13.2 Å². The summed E-state index contributed by atoms with van der Waals surface area (Å²) in [5, 5.41) is 2.20. The van der Waals surface area contributed by atoms with Gasteiger partial charge >= 0.3 is 10.4 Å². The van der Waals surface area contributed by atoms with Gasteiger partial charge in [-0.1, -0.05) is 20.4 Å². The SMILES string of the molecule is C=CC(=O)NC(OS(=O)(=O)O)C(C)C. The zero-order chi connectivity index (χ0) is 11.4. The molecule has 0 aromatic rings. The molecule has 1 unspecified atom stereocenters. The summed E-state index contributed by atoms with van der Waals surface area (Å²) in [5.74, 6) is -0.881. The quantitative estimate of drug-likeness (QED) is 0.391. The van der Waals surface area contributed by atoms with Crippen molar-refractivity contribution in [1.82, 2.24) is 5.32 Å². The molecule has 0 rings (SSSR count). The van der Waals surface area contributed by atoms with Gasteiger partial charge in [0.15, 0.2) is 6.23 Å². The van der Waals surface area contributed by atoms with Crippen molar-refractivity contribution >= 4 is 16.3 Å². The van der Waals surface area contributed by atoms with Gasteiger partial charge in [0.25, 0.3) is 0 Å². The number of carbonyl (C=O) groups excluding carboxylic acids is 1. The molecule has 1 amide bonds. The number of hydrogen-bond donors (Lipinski definition) is 2. The van der Waals surface area contributed by atoms with E-state index in [0.29, 0.717) is 0 Å². The highest BCUT2D eigenvalue weighted by atomic mass is 32.3. The fraction of sp³-hybridized carbons (Fsp3) is 0.571. The molecule has 0 bridgehead atoms. The van der Waals surface area contributed by atoms with Crippen molar-refractivity contribution in [2.75, 3.05) is 0 Å². The van der Waals surface area contributed by atoms with Gasteiger partial charge < -0.3 is 5.32 Å². The number of rotatable bonds is 5. The number of carbonyl (C=O) groups is 1. The summed E-state index contributed by atoms with van der Waals surface area (Å²) in [5.41, 5.74) is 0. The summed E-state index contributed by atoms with van der Waals surface area (Å²) >= 11 is 0. The van der Waals surface area contributed by atoms with Gasteiger partial charge in [-0.3, -0.25) is 9.35 Å². The van der Waals surface area contributed by atoms with Gasteiger partial charge in [-0.15, -0.1) is 0 Å². The monoisotopic (exact) mass is 223 g/mol. The van der Waals surface area contributed by atoms with Crippen LogP contribution in [0.5, 0.6) is 0 Å². The van der Waals surface area contributed by atoms with Crippen LogP contribution < -0.4 is 5.32 Å². The summed E-state index contributed by atoms with van der Waals surface area (Å²) in [6.07, 6.45) is -0.126. The largest absolute Gasteiger partial charge is 0.399 e. The van der Waals surface area contributed by atoms with Crippen LogP contribution in [0.25, 0.3) is 0 Å². The minimum Gasteiger partial charge on any atom is -0.326 e. The lowest BCUT2D eigenvalue weighted by atomic mass is 10.2. The van der Waals surface area contributed by atoms with Crippen molar-refractivity contribution < 1.29 is 21.9 Å². The summed E-state index contributed by atoms with van der Waals surface area (Å²) in [6, 6.07) is 0. The second-order valence-corrected chi connectivity index (χ2v) is 3.95. The van der Waals surface area contributed by atoms with E-state index in [1.54, 1.807) is 13.8 Å². The van der Waals surface area contributed by atoms with E-state index in [4.69, 9.17) is 4.55 Å². The van der Waals surface area contributed by atoms with Crippen molar-refractivity contribution in [3.63, 3.8) is 0 Å². The normalized spacial score (nSPS) is 13.7. The summed E-state index contributed by atoms with van der Waals surface area (Å²) in [4.78, 5) is 10.8. The van der Waals surface area contributed by atoms with E-state index in [1.165, 1.54) is 0 Å². The summed E-state index contributed by atoms with van der Waals surface area (Å²) in [7, 11) is -4.57. The van der Waals surface area contributed by atoms with Crippen molar-refractivity contribution in [1.29, 1.82) is 0 Å². The van der Waals surface area contributed by atoms with Crippen molar-refractivity contribution in [2.45, 2.75) is 20.1 Å². The molecule has 0 aliphatic heterocycles. The molecule has 0 radical (unpaired) electrons. The maximum absolute atomic E-state index is 10.8. The first-order valence-electron chi connectivity index (χ1n) is 3.85. The molecule has 0 aliphatic carbocycles. The predicted molar refractivity (Wildman–Crippen MR) is 49.6 cm³/mol. The molecule has 14 heavy (non-hydrogen) atoms. The molecular weight excluding hydrogens is 210 g/mol. The molecule has 0 fully saturated rings. The highest BCUT2D eigenvalue weighted by Gasteiger charge is 2.21. The molecule has 0 heterocycles. The van der Waals surface area contributed by atoms with Gasteiger partial charge in [0.2, 0.25) is 5.91 Å². The van der Waals surface area contributed by atoms with Crippen LogP contribution in [-0.2, 0) is 19.4 Å². The van der Waals surface area contributed by atoms with Gasteiger partial charge in [0.1, 0.15) is 0 Å². The van der Waals surface area contributed by atoms with Gasteiger partial charge in [0.05, 0.1) is 0 Å². The minimum atomic E-state index is -4.57. The molecule has 7 heteroatoms. The van der Waals surface area contributed by atoms with E-state index in [-0.39, 0.29) is 5.92 Å². The molecule has 2 N–H and O–H groups in total. The maximum Gasteiger partial charge on any atom is 0.399 e. The first-order valence-corrected chi connectivity index (χ1v) is 5.21. The van der Waals surface area contributed by atoms with Crippen molar-refractivity contribution in [2.24, 2.45) is 5.92 Å². The molecule has 0 aromatic carbocycles. The molecule has 0 aliphatic rings. The van der Waals surface area contributed by atoms with Crippen LogP contribution >= 0.6 is 0 Å². The topological polar surface area (TPSA) is 92.7 Å². The predicted octanol–water partition coefficient (Wildman–Crippen LogP) is 0.0901. The Kier molecular flexibility index (Phi) is 4.75. The molecule has 0 saturated heterocycles. The molecule has 1 atom stereocenters. The van der Waals surface area contributed by atoms with E-state index in [0.717, 1.165) is 6.08 Å². The standard InChI is InChI=1S/C7H13NO5S/c1-4-6(9)8-7(5(2)3)13-14(10,11)12/h4-5,7H,1H2,2-3H3,(H,8,9)(H,10,11,12). The van der Waals surface area contributed by atoms with Gasteiger partial charge in [-0.2, -0.15) is 8.42 Å². The zero-order valence-corrected chi connectivity index (χ0v) is 8.74. The zero-order valence-electron chi connectivity index (χ0n) is 7.93. The lowest BCUT2D eigenvalue weighted by molar-refractivity contribution is -0.119. The average Bonchev–Trinajstić information content (AvgIpc) is 2.00. The first kappa shape index (κ1) is 13.1. The molecule has 0 aromatic heterocycles. The van der Waals surface area contributed by atoms with Crippen molar-refractivity contribution in [3.8, 4) is 0 Å². The van der Waals surface area contributed by atoms with E-state index in [2.05, 4.69) is 16.1 Å². The Balaban J connectivity index is 4.46. The van der Waals surface area contributed by atoms with Crippen LogP contribution in [0.4, 0.5) is 0 Å². The number of amides is 1. The minimum absolute atomic E-state index is 0.305. The lowest BCUT2D eigenvalue weighted by Gasteiger charge is -2.19. The molecular formula is C7H13NO5S. The highest BCUT2D eigenvalue weighted by molar-refractivity contribution is 7.80. The number of hydrogen-bond acceptors (Lipinski definition) is 4. The van der Waals surface area contributed by atoms with Crippen molar-refractivity contribution in [3.05, 3.63) is 12.7 Å². The Morgan fingerprint density at radius 2 is 2.07 bits per heavy atom. The fourth-order valence-corrected chi connectivity index (χ4v) is 1.16. The summed E-state index contributed by atoms with van der Waals surface area (Å²) in [6.45, 7) is 6.44. The Morgan fingerprint density at radius 3 is 2.36 bits per heavy atom. The molecule has 6 nitrogen and oxygen atoms in total. The maximum atomic E-state index is 10.8. The highest BCUT2D eigenvalue weighted by Crippen LogP contribution is 2.06. The third-order valence-electron chi connectivity index (χ3n) is 1.30. The van der Waals surface area contributed by atoms with E-state index < -0.39 is 22.5 Å². The fourth-order valence-electron chi connectivity index (χ4n) is 0.632. The second-order valence-electron chi connectivity index (χ2n) is 2.90. The second kappa shape index (κ2) is 5.08. The van der Waals surface area contributed by atoms with Gasteiger partial charge in [-0.05, 0) is 12.0 Å². The Hall–Kier alpha value is -0.920. The summed E-state index contributed by atoms with van der Waals surface area (Å²) < 4.78 is 33.4. The Labute approximate surface area is 82.9 Å².